The smallest absolute Gasteiger partial charge is 0.343 e. The first-order valence-corrected chi connectivity index (χ1v) is 16.9. The van der Waals surface area contributed by atoms with Crippen LogP contribution in [0.25, 0.3) is 11.0 Å². The van der Waals surface area contributed by atoms with Gasteiger partial charge in [0.15, 0.2) is 20.6 Å². The molecule has 5 aromatic rings. The van der Waals surface area contributed by atoms with Gasteiger partial charge in [0.1, 0.15) is 5.75 Å². The molecule has 220 valence electrons. The Morgan fingerprint density at radius 2 is 1.70 bits per heavy atom. The van der Waals surface area contributed by atoms with Crippen LogP contribution in [-0.2, 0) is 26.3 Å². The van der Waals surface area contributed by atoms with Gasteiger partial charge in [0.2, 0.25) is 16.0 Å². The number of nitrogens with zero attached hydrogens (tertiary/aromatic N) is 4. The van der Waals surface area contributed by atoms with E-state index in [2.05, 4.69) is 20.1 Å². The zero-order valence-corrected chi connectivity index (χ0v) is 24.5. The number of esters is 1. The fraction of sp³-hybridized carbons (Fsp3) is 0.172. The summed E-state index contributed by atoms with van der Waals surface area (Å²) < 4.78 is 56.8. The largest absolute Gasteiger partial charge is 0.423 e. The number of nitrogens with one attached hydrogen (secondary N) is 2. The summed E-state index contributed by atoms with van der Waals surface area (Å²) in [6.45, 7) is 0. The first-order valence-electron chi connectivity index (χ1n) is 13.2. The molecule has 1 atom stereocenters. The van der Waals surface area contributed by atoms with Crippen LogP contribution in [0.3, 0.4) is 0 Å². The van der Waals surface area contributed by atoms with Crippen LogP contribution in [0, 0.1) is 0 Å². The molecule has 1 aliphatic carbocycles. The van der Waals surface area contributed by atoms with Crippen LogP contribution < -0.4 is 14.8 Å². The van der Waals surface area contributed by atoms with E-state index in [0.29, 0.717) is 35.0 Å². The van der Waals surface area contributed by atoms with Gasteiger partial charge in [-0.2, -0.15) is 10.1 Å². The number of carbonyl (C=O) groups excluding carboxylic acids is 1. The Morgan fingerprint density at radius 3 is 2.44 bits per heavy atom. The zero-order valence-electron chi connectivity index (χ0n) is 22.8. The van der Waals surface area contributed by atoms with Crippen LogP contribution in [0.4, 0.5) is 17.3 Å². The van der Waals surface area contributed by atoms with Crippen molar-refractivity contribution in [3.8, 4) is 5.75 Å². The van der Waals surface area contributed by atoms with E-state index in [-0.39, 0.29) is 11.7 Å². The normalized spacial score (nSPS) is 14.8. The topological polar surface area (TPSA) is 162 Å². The van der Waals surface area contributed by atoms with Crippen molar-refractivity contribution in [2.75, 3.05) is 21.4 Å². The van der Waals surface area contributed by atoms with Crippen LogP contribution in [0.2, 0.25) is 0 Å². The van der Waals surface area contributed by atoms with Gasteiger partial charge in [0.05, 0.1) is 23.2 Å². The summed E-state index contributed by atoms with van der Waals surface area (Å²) in [5, 5.41) is 7.45. The van der Waals surface area contributed by atoms with Crippen molar-refractivity contribution in [2.45, 2.75) is 18.9 Å². The molecule has 0 fully saturated rings. The Balaban J connectivity index is 1.21. The number of sulfonamides is 1. The molecule has 0 bridgehead atoms. The number of aromatic nitrogens is 4. The van der Waals surface area contributed by atoms with Gasteiger partial charge in [0, 0.05) is 29.4 Å². The van der Waals surface area contributed by atoms with Gasteiger partial charge >= 0.3 is 5.97 Å². The first kappa shape index (κ1) is 28.3. The monoisotopic (exact) mass is 618 g/mol. The molecule has 0 saturated carbocycles. The summed E-state index contributed by atoms with van der Waals surface area (Å²) in [5.74, 6) is 0.428. The van der Waals surface area contributed by atoms with Crippen LogP contribution in [0.15, 0.2) is 85.2 Å². The molecule has 0 radical (unpaired) electrons. The van der Waals surface area contributed by atoms with Crippen molar-refractivity contribution in [1.29, 1.82) is 0 Å². The Morgan fingerprint density at radius 1 is 0.953 bits per heavy atom. The Labute approximate surface area is 247 Å². The average Bonchev–Trinajstić information content (AvgIpc) is 3.57. The van der Waals surface area contributed by atoms with Gasteiger partial charge < -0.3 is 10.1 Å². The lowest BCUT2D eigenvalue weighted by molar-refractivity contribution is 0.0733. The van der Waals surface area contributed by atoms with Gasteiger partial charge in [-0.05, 0) is 60.9 Å². The van der Waals surface area contributed by atoms with E-state index in [1.165, 1.54) is 12.1 Å². The number of ether oxygens (including phenoxy) is 1. The first-order chi connectivity index (χ1) is 20.5. The third-order valence-corrected chi connectivity index (χ3v) is 10.3. The van der Waals surface area contributed by atoms with Crippen LogP contribution in [0.1, 0.15) is 33.9 Å². The quantitative estimate of drug-likeness (QED) is 0.182. The van der Waals surface area contributed by atoms with E-state index in [0.717, 1.165) is 29.2 Å². The van der Waals surface area contributed by atoms with Gasteiger partial charge in [-0.25, -0.2) is 31.3 Å². The molecule has 0 spiro atoms. The third kappa shape index (κ3) is 6.34. The number of rotatable bonds is 9. The Hall–Kier alpha value is -4.82. The number of hydrogen-bond donors (Lipinski definition) is 2. The Kier molecular flexibility index (Phi) is 7.31. The molecule has 43 heavy (non-hydrogen) atoms. The molecule has 2 heterocycles. The highest BCUT2D eigenvalue weighted by atomic mass is 32.3. The summed E-state index contributed by atoms with van der Waals surface area (Å²) in [6.07, 6.45) is 5.67. The van der Waals surface area contributed by atoms with E-state index in [4.69, 9.17) is 9.72 Å². The van der Waals surface area contributed by atoms with Crippen molar-refractivity contribution in [3.05, 3.63) is 102 Å². The maximum absolute atomic E-state index is 12.7. The molecule has 2 N–H and O–H groups in total. The van der Waals surface area contributed by atoms with Crippen LogP contribution in [0.5, 0.6) is 5.75 Å². The number of hydrogen-bond acceptors (Lipinski definition) is 10. The maximum atomic E-state index is 12.7. The molecule has 0 amide bonds. The molecular weight excluding hydrogens is 592 g/mol. The standard InChI is InChI=1S/C29H26N6O6S2/c1-42(37,38)18-43(39,40)34-22-12-10-21(11-13-22)32-29-30-16-20-17-31-35(27(20)33-29)25-15-14-24-23(25)8-5-9-26(24)41-28(36)19-6-3-2-4-7-19/h2-13,16-17,25,34H,14-15,18H2,1H3,(H,30,32,33). The summed E-state index contributed by atoms with van der Waals surface area (Å²) in [4.78, 5) is 21.8. The van der Waals surface area contributed by atoms with Crippen molar-refractivity contribution < 1.29 is 26.4 Å². The molecular formula is C29H26N6O6S2. The van der Waals surface area contributed by atoms with Crippen molar-refractivity contribution >= 4 is 54.2 Å². The number of sulfone groups is 1. The molecule has 0 aliphatic heterocycles. The van der Waals surface area contributed by atoms with E-state index >= 15 is 0 Å². The van der Waals surface area contributed by atoms with Gasteiger partial charge in [0.25, 0.3) is 0 Å². The fourth-order valence-electron chi connectivity index (χ4n) is 5.05. The minimum absolute atomic E-state index is 0.120. The highest BCUT2D eigenvalue weighted by Crippen LogP contribution is 2.40. The summed E-state index contributed by atoms with van der Waals surface area (Å²) in [6, 6.07) is 20.7. The predicted octanol–water partition coefficient (Wildman–Crippen LogP) is 4.07. The van der Waals surface area contributed by atoms with E-state index < -0.39 is 30.9 Å². The number of carbonyl (C=O) groups is 1. The van der Waals surface area contributed by atoms with Gasteiger partial charge in [-0.3, -0.25) is 4.72 Å². The molecule has 3 aromatic carbocycles. The third-order valence-electron chi connectivity index (χ3n) is 6.82. The van der Waals surface area contributed by atoms with Crippen molar-refractivity contribution in [3.63, 3.8) is 0 Å². The molecule has 12 nitrogen and oxygen atoms in total. The molecule has 1 unspecified atom stereocenters. The fourth-order valence-corrected chi connectivity index (χ4v) is 8.03. The number of benzene rings is 3. The second-order valence-electron chi connectivity index (χ2n) is 10.2. The molecule has 2 aromatic heterocycles. The van der Waals surface area contributed by atoms with Crippen LogP contribution >= 0.6 is 0 Å². The summed E-state index contributed by atoms with van der Waals surface area (Å²) in [5.41, 5.74) is 3.87. The van der Waals surface area contributed by atoms with E-state index in [9.17, 15) is 21.6 Å². The number of anilines is 3. The highest BCUT2D eigenvalue weighted by Gasteiger charge is 2.29. The van der Waals surface area contributed by atoms with Crippen molar-refractivity contribution in [2.24, 2.45) is 0 Å². The summed E-state index contributed by atoms with van der Waals surface area (Å²) >= 11 is 0. The lowest BCUT2D eigenvalue weighted by Gasteiger charge is -2.15. The number of fused-ring (bicyclic) bond motifs is 2. The molecule has 1 aliphatic rings. The van der Waals surface area contributed by atoms with Crippen molar-refractivity contribution in [1.82, 2.24) is 19.7 Å². The minimum Gasteiger partial charge on any atom is -0.423 e. The van der Waals surface area contributed by atoms with Gasteiger partial charge in [-0.15, -0.1) is 0 Å². The predicted molar refractivity (Wildman–Crippen MR) is 162 cm³/mol. The second kappa shape index (κ2) is 11.1. The Bertz CT molecular complexity index is 2050. The van der Waals surface area contributed by atoms with Crippen LogP contribution in [-0.4, -0.2) is 53.9 Å². The SMILES string of the molecule is CS(=O)(=O)CS(=O)(=O)Nc1ccc(Nc2ncc3cnn(C4CCc5c(OC(=O)c6ccccc6)cccc54)c3n2)cc1. The zero-order chi connectivity index (χ0) is 30.2. The average molecular weight is 619 g/mol. The lowest BCUT2D eigenvalue weighted by Crippen LogP contribution is -2.22. The lowest BCUT2D eigenvalue weighted by atomic mass is 10.1. The molecule has 6 rings (SSSR count). The van der Waals surface area contributed by atoms with E-state index in [1.807, 2.05) is 22.9 Å². The second-order valence-corrected chi connectivity index (χ2v) is 14.4. The maximum Gasteiger partial charge on any atom is 0.343 e. The minimum atomic E-state index is -4.06. The molecule has 0 saturated heterocycles. The highest BCUT2D eigenvalue weighted by molar-refractivity contribution is 8.08. The molecule has 14 heteroatoms. The summed E-state index contributed by atoms with van der Waals surface area (Å²) in [7, 11) is -7.77. The van der Waals surface area contributed by atoms with Gasteiger partial charge in [-0.1, -0.05) is 30.3 Å². The van der Waals surface area contributed by atoms with E-state index in [1.54, 1.807) is 54.9 Å².